The van der Waals surface area contributed by atoms with E-state index in [4.69, 9.17) is 9.47 Å². The molecule has 2 rings (SSSR count). The van der Waals surface area contributed by atoms with Crippen LogP contribution in [-0.4, -0.2) is 13.2 Å². The fourth-order valence-electron chi connectivity index (χ4n) is 1.80. The largest absolute Gasteiger partial charge is 0.489 e. The number of hydrogen-bond donors (Lipinski definition) is 0. The Morgan fingerprint density at radius 1 is 0.792 bits per heavy atom. The first kappa shape index (κ1) is 17.5. The maximum atomic E-state index is 5.60. The van der Waals surface area contributed by atoms with Gasteiger partial charge in [0.15, 0.2) is 0 Å². The van der Waals surface area contributed by atoms with Crippen molar-refractivity contribution in [1.82, 2.24) is 0 Å². The topological polar surface area (TPSA) is 43.2 Å². The van der Waals surface area contributed by atoms with Crippen LogP contribution in [0.15, 0.2) is 83.1 Å². The Labute approximate surface area is 143 Å². The van der Waals surface area contributed by atoms with Crippen molar-refractivity contribution in [3.05, 3.63) is 72.8 Å². The molecule has 0 unspecified atom stereocenters. The molecule has 0 aliphatic rings. The van der Waals surface area contributed by atoms with Crippen LogP contribution in [0.25, 0.3) is 0 Å². The van der Waals surface area contributed by atoms with E-state index < -0.39 is 0 Å². The van der Waals surface area contributed by atoms with Crippen LogP contribution in [0.5, 0.6) is 11.5 Å². The Morgan fingerprint density at radius 2 is 1.21 bits per heavy atom. The van der Waals surface area contributed by atoms with Crippen molar-refractivity contribution in [1.29, 1.82) is 0 Å². The van der Waals surface area contributed by atoms with Crippen LogP contribution in [0.4, 0.5) is 11.4 Å². The predicted molar refractivity (Wildman–Crippen MR) is 97.7 cm³/mol. The molecule has 0 radical (unpaired) electrons. The van der Waals surface area contributed by atoms with Crippen LogP contribution >= 0.6 is 0 Å². The lowest BCUT2D eigenvalue weighted by Crippen LogP contribution is -1.96. The first-order valence-corrected chi connectivity index (χ1v) is 7.69. The van der Waals surface area contributed by atoms with Gasteiger partial charge in [-0.05, 0) is 49.3 Å². The van der Waals surface area contributed by atoms with Crippen molar-refractivity contribution in [3.63, 3.8) is 0 Å². The molecule has 0 aromatic heterocycles. The van der Waals surface area contributed by atoms with E-state index in [0.717, 1.165) is 34.0 Å². The van der Waals surface area contributed by atoms with E-state index in [1.54, 1.807) is 0 Å². The summed E-state index contributed by atoms with van der Waals surface area (Å²) in [7, 11) is 0. The zero-order valence-corrected chi connectivity index (χ0v) is 14.2. The lowest BCUT2D eigenvalue weighted by Gasteiger charge is -2.06. The number of benzene rings is 2. The molecule has 0 spiro atoms. The zero-order valence-electron chi connectivity index (χ0n) is 14.2. The second kappa shape index (κ2) is 8.67. The van der Waals surface area contributed by atoms with E-state index >= 15 is 0 Å². The highest BCUT2D eigenvalue weighted by Crippen LogP contribution is 2.25. The van der Waals surface area contributed by atoms with E-state index in [-0.39, 0.29) is 0 Å². The average Bonchev–Trinajstić information content (AvgIpc) is 2.57. The molecular weight excluding hydrogens is 300 g/mol. The lowest BCUT2D eigenvalue weighted by molar-refractivity contribution is 0.352. The Hall–Kier alpha value is -2.88. The fourth-order valence-corrected chi connectivity index (χ4v) is 1.80. The summed E-state index contributed by atoms with van der Waals surface area (Å²) in [5, 5.41) is 8.50. The summed E-state index contributed by atoms with van der Waals surface area (Å²) >= 11 is 0. The van der Waals surface area contributed by atoms with E-state index in [0.29, 0.717) is 13.2 Å². The van der Waals surface area contributed by atoms with Crippen molar-refractivity contribution in [2.24, 2.45) is 10.2 Å². The van der Waals surface area contributed by atoms with Gasteiger partial charge in [-0.25, -0.2) is 0 Å². The summed E-state index contributed by atoms with van der Waals surface area (Å²) in [6, 6.07) is 15.0. The maximum Gasteiger partial charge on any atom is 0.122 e. The minimum Gasteiger partial charge on any atom is -0.489 e. The Balaban J connectivity index is 2.04. The van der Waals surface area contributed by atoms with Gasteiger partial charge in [0.1, 0.15) is 24.7 Å². The molecule has 0 heterocycles. The molecule has 0 saturated carbocycles. The lowest BCUT2D eigenvalue weighted by atomic mass is 10.3. The van der Waals surface area contributed by atoms with Crippen molar-refractivity contribution < 1.29 is 9.47 Å². The third kappa shape index (κ3) is 6.08. The van der Waals surface area contributed by atoms with Gasteiger partial charge in [-0.15, -0.1) is 0 Å². The third-order valence-electron chi connectivity index (χ3n) is 2.89. The molecule has 0 atom stereocenters. The van der Waals surface area contributed by atoms with Gasteiger partial charge < -0.3 is 9.47 Å². The highest BCUT2D eigenvalue weighted by molar-refractivity contribution is 5.46. The number of rotatable bonds is 8. The van der Waals surface area contributed by atoms with Crippen LogP contribution in [0, 0.1) is 0 Å². The molecule has 2 aromatic rings. The van der Waals surface area contributed by atoms with Crippen molar-refractivity contribution in [3.8, 4) is 11.5 Å². The minimum atomic E-state index is 0.489. The van der Waals surface area contributed by atoms with Crippen molar-refractivity contribution in [2.75, 3.05) is 13.2 Å². The summed E-state index contributed by atoms with van der Waals surface area (Å²) in [6.07, 6.45) is 0. The molecule has 0 aliphatic carbocycles. The van der Waals surface area contributed by atoms with Gasteiger partial charge >= 0.3 is 0 Å². The summed E-state index contributed by atoms with van der Waals surface area (Å²) in [6.45, 7) is 12.5. The van der Waals surface area contributed by atoms with E-state index in [9.17, 15) is 0 Å². The second-order valence-electron chi connectivity index (χ2n) is 5.69. The van der Waals surface area contributed by atoms with Crippen LogP contribution in [-0.2, 0) is 0 Å². The number of azo groups is 1. The molecule has 2 aromatic carbocycles. The van der Waals surface area contributed by atoms with Crippen LogP contribution in [0.1, 0.15) is 13.8 Å². The molecule has 0 N–H and O–H groups in total. The quantitative estimate of drug-likeness (QED) is 0.441. The summed E-state index contributed by atoms with van der Waals surface area (Å²) < 4.78 is 11.2. The van der Waals surface area contributed by atoms with Gasteiger partial charge in [-0.3, -0.25) is 0 Å². The molecule has 0 aliphatic heterocycles. The van der Waals surface area contributed by atoms with Gasteiger partial charge in [0.2, 0.25) is 0 Å². The molecule has 0 amide bonds. The van der Waals surface area contributed by atoms with E-state index in [2.05, 4.69) is 23.4 Å². The molecule has 0 bridgehead atoms. The predicted octanol–water partition coefficient (Wildman–Crippen LogP) is 6.01. The van der Waals surface area contributed by atoms with E-state index in [1.807, 2.05) is 62.4 Å². The highest BCUT2D eigenvalue weighted by atomic mass is 16.5. The van der Waals surface area contributed by atoms with Crippen LogP contribution in [0.2, 0.25) is 0 Å². The minimum absolute atomic E-state index is 0.489. The van der Waals surface area contributed by atoms with Crippen molar-refractivity contribution >= 4 is 11.4 Å². The summed E-state index contributed by atoms with van der Waals surface area (Å²) in [4.78, 5) is 0. The van der Waals surface area contributed by atoms with Crippen LogP contribution in [0.3, 0.4) is 0 Å². The van der Waals surface area contributed by atoms with Crippen molar-refractivity contribution in [2.45, 2.75) is 13.8 Å². The molecule has 24 heavy (non-hydrogen) atoms. The van der Waals surface area contributed by atoms with Gasteiger partial charge in [0.05, 0.1) is 11.4 Å². The van der Waals surface area contributed by atoms with E-state index in [1.165, 1.54) is 0 Å². The molecule has 4 nitrogen and oxygen atoms in total. The Kier molecular flexibility index (Phi) is 6.32. The normalized spacial score (nSPS) is 10.6. The molecule has 0 saturated heterocycles. The molecule has 4 heteroatoms. The first-order valence-electron chi connectivity index (χ1n) is 7.69. The number of hydrogen-bond acceptors (Lipinski definition) is 4. The molecule has 0 fully saturated rings. The van der Waals surface area contributed by atoms with Gasteiger partial charge in [0, 0.05) is 12.1 Å². The first-order chi connectivity index (χ1) is 11.5. The monoisotopic (exact) mass is 322 g/mol. The zero-order chi connectivity index (χ0) is 17.4. The SMILES string of the molecule is C=C(C)COc1cccc(/N=N/c2cccc(OCC(=C)C)c2)c1. The van der Waals surface area contributed by atoms with Crippen LogP contribution < -0.4 is 9.47 Å². The fraction of sp³-hybridized carbons (Fsp3) is 0.200. The molecule has 124 valence electrons. The number of nitrogens with zero attached hydrogens (tertiary/aromatic N) is 2. The smallest absolute Gasteiger partial charge is 0.122 e. The number of ether oxygens (including phenoxy) is 2. The van der Waals surface area contributed by atoms with Gasteiger partial charge in [-0.2, -0.15) is 10.2 Å². The van der Waals surface area contributed by atoms with Gasteiger partial charge in [0.25, 0.3) is 0 Å². The maximum absolute atomic E-state index is 5.60. The summed E-state index contributed by atoms with van der Waals surface area (Å²) in [5.41, 5.74) is 3.38. The Bertz CT molecular complexity index is 687. The standard InChI is InChI=1S/C20H22N2O2/c1-15(2)13-23-19-9-5-7-17(11-19)21-22-18-8-6-10-20(12-18)24-14-16(3)4/h5-12H,1,3,13-14H2,2,4H3/b22-21+. The second-order valence-corrected chi connectivity index (χ2v) is 5.69. The summed E-state index contributed by atoms with van der Waals surface area (Å²) in [5.74, 6) is 1.49. The highest BCUT2D eigenvalue weighted by Gasteiger charge is 1.99. The third-order valence-corrected chi connectivity index (χ3v) is 2.89. The Morgan fingerprint density at radius 3 is 1.58 bits per heavy atom. The van der Waals surface area contributed by atoms with Gasteiger partial charge in [-0.1, -0.05) is 25.3 Å². The molecular formula is C20H22N2O2. The average molecular weight is 322 g/mol.